The monoisotopic (exact) mass is 417 g/mol. The molecule has 7 heteroatoms. The van der Waals surface area contributed by atoms with Crippen molar-refractivity contribution in [1.29, 1.82) is 0 Å². The van der Waals surface area contributed by atoms with E-state index in [1.54, 1.807) is 31.2 Å². The molecule has 1 aromatic carbocycles. The normalized spacial score (nSPS) is 18.2. The van der Waals surface area contributed by atoms with Gasteiger partial charge in [0.25, 0.3) is 11.8 Å². The number of nitrogens with zero attached hydrogens (tertiary/aromatic N) is 1. The number of alkyl halides is 2. The number of halogens is 2. The molecule has 0 bridgehead atoms. The van der Waals surface area contributed by atoms with Gasteiger partial charge in [-0.05, 0) is 19.1 Å². The fraction of sp³-hybridized carbons (Fsp3) is 0.357. The van der Waals surface area contributed by atoms with Crippen molar-refractivity contribution in [3.63, 3.8) is 0 Å². The highest BCUT2D eigenvalue weighted by Crippen LogP contribution is 2.34. The Morgan fingerprint density at radius 1 is 1.29 bits per heavy atom. The molecular weight excluding hydrogens is 406 g/mol. The minimum absolute atomic E-state index is 0.300. The molecule has 0 aromatic heterocycles. The smallest absolute Gasteiger partial charge is 0.330 e. The SMILES string of the molecule is COC(=O)[C@H](N1C(=O)c2ccccc2C1=O)C(C)(Br)CBr. The van der Waals surface area contributed by atoms with Crippen LogP contribution < -0.4 is 0 Å². The summed E-state index contributed by atoms with van der Waals surface area (Å²) in [4.78, 5) is 38.1. The predicted octanol–water partition coefficient (Wildman–Crippen LogP) is 2.37. The van der Waals surface area contributed by atoms with Gasteiger partial charge in [-0.3, -0.25) is 14.5 Å². The molecule has 0 fully saturated rings. The van der Waals surface area contributed by atoms with E-state index in [1.807, 2.05) is 0 Å². The fourth-order valence-corrected chi connectivity index (χ4v) is 2.95. The summed E-state index contributed by atoms with van der Waals surface area (Å²) in [6.45, 7) is 1.72. The molecule has 1 aromatic rings. The predicted molar refractivity (Wildman–Crippen MR) is 83.9 cm³/mol. The van der Waals surface area contributed by atoms with Crippen molar-refractivity contribution in [1.82, 2.24) is 4.90 Å². The molecule has 2 atom stereocenters. The average Bonchev–Trinajstić information content (AvgIpc) is 2.73. The second-order valence-electron chi connectivity index (χ2n) is 4.86. The Kier molecular flexibility index (Phi) is 4.53. The van der Waals surface area contributed by atoms with Gasteiger partial charge >= 0.3 is 5.97 Å². The third kappa shape index (κ3) is 2.64. The molecule has 0 aliphatic carbocycles. The molecule has 0 N–H and O–H groups in total. The third-order valence-corrected chi connectivity index (χ3v) is 5.97. The lowest BCUT2D eigenvalue weighted by atomic mass is 10.0. The molecule has 0 spiro atoms. The van der Waals surface area contributed by atoms with Crippen LogP contribution in [0.15, 0.2) is 24.3 Å². The molecule has 0 radical (unpaired) electrons. The number of imide groups is 1. The molecule has 0 saturated heterocycles. The number of fused-ring (bicyclic) bond motifs is 1. The summed E-state index contributed by atoms with van der Waals surface area (Å²) in [5, 5.41) is 0.354. The van der Waals surface area contributed by atoms with E-state index >= 15 is 0 Å². The van der Waals surface area contributed by atoms with Gasteiger partial charge in [-0.1, -0.05) is 44.0 Å². The number of ether oxygens (including phenoxy) is 1. The Balaban J connectivity index is 2.51. The van der Waals surface area contributed by atoms with Crippen molar-refractivity contribution >= 4 is 49.6 Å². The van der Waals surface area contributed by atoms with Gasteiger partial charge < -0.3 is 4.74 Å². The molecule has 1 unspecified atom stereocenters. The quantitative estimate of drug-likeness (QED) is 0.427. The summed E-state index contributed by atoms with van der Waals surface area (Å²) in [5.74, 6) is -1.63. The molecule has 1 aliphatic rings. The number of carbonyl (C=O) groups is 3. The van der Waals surface area contributed by atoms with Gasteiger partial charge in [0, 0.05) is 5.33 Å². The van der Waals surface area contributed by atoms with E-state index < -0.39 is 28.1 Å². The minimum Gasteiger partial charge on any atom is -0.467 e. The average molecular weight is 419 g/mol. The van der Waals surface area contributed by atoms with Crippen LogP contribution in [0.5, 0.6) is 0 Å². The first-order chi connectivity index (χ1) is 9.85. The maximum atomic E-state index is 12.5. The van der Waals surface area contributed by atoms with Crippen LogP contribution in [0.3, 0.4) is 0 Å². The molecule has 112 valence electrons. The van der Waals surface area contributed by atoms with E-state index in [-0.39, 0.29) is 0 Å². The molecule has 21 heavy (non-hydrogen) atoms. The lowest BCUT2D eigenvalue weighted by Crippen LogP contribution is -2.56. The highest BCUT2D eigenvalue weighted by Gasteiger charge is 2.50. The summed E-state index contributed by atoms with van der Waals surface area (Å²) >= 11 is 6.69. The lowest BCUT2D eigenvalue weighted by molar-refractivity contribution is -0.146. The highest BCUT2D eigenvalue weighted by molar-refractivity contribution is 9.12. The second-order valence-corrected chi connectivity index (χ2v) is 7.24. The Bertz CT molecular complexity index is 580. The van der Waals surface area contributed by atoms with Gasteiger partial charge in [-0.25, -0.2) is 4.79 Å². The van der Waals surface area contributed by atoms with Gasteiger partial charge in [-0.2, -0.15) is 0 Å². The zero-order chi connectivity index (χ0) is 15.8. The number of methoxy groups -OCH3 is 1. The zero-order valence-electron chi connectivity index (χ0n) is 11.4. The first kappa shape index (κ1) is 16.2. The van der Waals surface area contributed by atoms with E-state index in [2.05, 4.69) is 31.9 Å². The third-order valence-electron chi connectivity index (χ3n) is 3.34. The van der Waals surface area contributed by atoms with Crippen LogP contribution in [0.4, 0.5) is 0 Å². The van der Waals surface area contributed by atoms with Crippen LogP contribution in [-0.4, -0.2) is 45.5 Å². The Hall–Kier alpha value is -1.21. The number of hydrogen-bond acceptors (Lipinski definition) is 4. The number of rotatable bonds is 4. The molecule has 0 saturated carbocycles. The number of hydrogen-bond donors (Lipinski definition) is 0. The Morgan fingerprint density at radius 2 is 1.76 bits per heavy atom. The van der Waals surface area contributed by atoms with Crippen molar-refractivity contribution in [2.45, 2.75) is 17.3 Å². The van der Waals surface area contributed by atoms with Crippen molar-refractivity contribution in [3.05, 3.63) is 35.4 Å². The van der Waals surface area contributed by atoms with Crippen LogP contribution in [-0.2, 0) is 9.53 Å². The molecular formula is C14H13Br2NO4. The van der Waals surface area contributed by atoms with Crippen molar-refractivity contribution < 1.29 is 19.1 Å². The number of benzene rings is 1. The summed E-state index contributed by atoms with van der Waals surface area (Å²) in [6.07, 6.45) is 0. The Morgan fingerprint density at radius 3 is 2.14 bits per heavy atom. The van der Waals surface area contributed by atoms with Gasteiger partial charge in [0.1, 0.15) is 0 Å². The van der Waals surface area contributed by atoms with Gasteiger partial charge in [-0.15, -0.1) is 0 Å². The van der Waals surface area contributed by atoms with Crippen LogP contribution in [0, 0.1) is 0 Å². The maximum absolute atomic E-state index is 12.5. The van der Waals surface area contributed by atoms with E-state index in [0.29, 0.717) is 16.5 Å². The molecule has 2 amide bonds. The first-order valence-corrected chi connectivity index (χ1v) is 8.06. The summed E-state index contributed by atoms with van der Waals surface area (Å²) in [5.41, 5.74) is 0.601. The van der Waals surface area contributed by atoms with E-state index in [1.165, 1.54) is 7.11 Å². The molecule has 1 aliphatic heterocycles. The van der Waals surface area contributed by atoms with Crippen LogP contribution >= 0.6 is 31.9 Å². The second kappa shape index (κ2) is 5.88. The minimum atomic E-state index is -1.06. The Labute approximate surface area is 138 Å². The summed E-state index contributed by atoms with van der Waals surface area (Å²) in [7, 11) is 1.23. The van der Waals surface area contributed by atoms with E-state index in [0.717, 1.165) is 4.90 Å². The van der Waals surface area contributed by atoms with E-state index in [4.69, 9.17) is 4.74 Å². The number of carbonyl (C=O) groups excluding carboxylic acids is 3. The number of amides is 2. The molecule has 1 heterocycles. The van der Waals surface area contributed by atoms with Gasteiger partial charge in [0.05, 0.1) is 22.6 Å². The molecule has 5 nitrogen and oxygen atoms in total. The van der Waals surface area contributed by atoms with Crippen molar-refractivity contribution in [3.8, 4) is 0 Å². The van der Waals surface area contributed by atoms with Crippen LogP contribution in [0.2, 0.25) is 0 Å². The molecule has 2 rings (SSSR count). The van der Waals surface area contributed by atoms with E-state index in [9.17, 15) is 14.4 Å². The summed E-state index contributed by atoms with van der Waals surface area (Å²) < 4.78 is 3.93. The maximum Gasteiger partial charge on any atom is 0.330 e. The first-order valence-electron chi connectivity index (χ1n) is 6.14. The standard InChI is InChI=1S/C14H13Br2NO4/c1-14(16,7-15)10(13(20)21-2)17-11(18)8-5-3-4-6-9(8)12(17)19/h3-6,10H,7H2,1-2H3/t10-,14?/m0/s1. The van der Waals surface area contributed by atoms with Crippen LogP contribution in [0.1, 0.15) is 27.6 Å². The zero-order valence-corrected chi connectivity index (χ0v) is 14.6. The summed E-state index contributed by atoms with van der Waals surface area (Å²) in [6, 6.07) is 5.44. The van der Waals surface area contributed by atoms with Gasteiger partial charge in [0.15, 0.2) is 6.04 Å². The van der Waals surface area contributed by atoms with Crippen molar-refractivity contribution in [2.75, 3.05) is 12.4 Å². The van der Waals surface area contributed by atoms with Crippen molar-refractivity contribution in [2.24, 2.45) is 0 Å². The number of esters is 1. The fourth-order valence-electron chi connectivity index (χ4n) is 2.25. The van der Waals surface area contributed by atoms with Gasteiger partial charge in [0.2, 0.25) is 0 Å². The largest absolute Gasteiger partial charge is 0.467 e. The highest BCUT2D eigenvalue weighted by atomic mass is 79.9. The lowest BCUT2D eigenvalue weighted by Gasteiger charge is -2.34. The topological polar surface area (TPSA) is 63.7 Å². The van der Waals surface area contributed by atoms with Crippen LogP contribution in [0.25, 0.3) is 0 Å².